The molecule has 1 fully saturated rings. The number of aryl methyl sites for hydroxylation is 1. The largest absolute Gasteiger partial charge is 0.384 e. The van der Waals surface area contributed by atoms with Crippen molar-refractivity contribution in [2.24, 2.45) is 0 Å². The number of nitrogens with two attached hydrogens (primary N) is 2. The number of amides is 1. The summed E-state index contributed by atoms with van der Waals surface area (Å²) in [5.74, 6) is 6.53. The fourth-order valence-corrected chi connectivity index (χ4v) is 3.17. The Balaban J connectivity index is 1.72. The molecule has 4 rings (SSSR count). The average molecular weight is 419 g/mol. The normalized spacial score (nSPS) is 12.7. The number of carbonyl (C=O) groups is 1. The lowest BCUT2D eigenvalue weighted by atomic mass is 10.0. The van der Waals surface area contributed by atoms with Gasteiger partial charge in [0, 0.05) is 23.4 Å². The predicted molar refractivity (Wildman–Crippen MR) is 117 cm³/mol. The Kier molecular flexibility index (Phi) is 5.25. The summed E-state index contributed by atoms with van der Waals surface area (Å²) in [6, 6.07) is 8.88. The van der Waals surface area contributed by atoms with E-state index in [1.54, 1.807) is 36.5 Å². The van der Waals surface area contributed by atoms with E-state index >= 15 is 0 Å². The zero-order chi connectivity index (χ0) is 21.3. The number of halogens is 1. The molecule has 30 heavy (non-hydrogen) atoms. The number of hydrogen-bond acceptors (Lipinski definition) is 6. The third-order valence-electron chi connectivity index (χ3n) is 4.63. The second-order valence-corrected chi connectivity index (χ2v) is 7.46. The summed E-state index contributed by atoms with van der Waals surface area (Å²) in [5.41, 5.74) is 15.1. The van der Waals surface area contributed by atoms with Crippen molar-refractivity contribution in [1.29, 1.82) is 0 Å². The average Bonchev–Trinajstić information content (AvgIpc) is 3.52. The van der Waals surface area contributed by atoms with Gasteiger partial charge in [-0.3, -0.25) is 4.79 Å². The molecule has 0 unspecified atom stereocenters. The Morgan fingerprint density at radius 1 is 1.17 bits per heavy atom. The van der Waals surface area contributed by atoms with Crippen LogP contribution in [0.3, 0.4) is 0 Å². The van der Waals surface area contributed by atoms with Gasteiger partial charge >= 0.3 is 0 Å². The number of anilines is 2. The monoisotopic (exact) mass is 418 g/mol. The summed E-state index contributed by atoms with van der Waals surface area (Å²) in [7, 11) is 0. The van der Waals surface area contributed by atoms with Gasteiger partial charge in [-0.1, -0.05) is 29.5 Å². The van der Waals surface area contributed by atoms with Gasteiger partial charge in [0.1, 0.15) is 5.82 Å². The fraction of sp³-hybridized carbons (Fsp3) is 0.182. The second kappa shape index (κ2) is 8.01. The summed E-state index contributed by atoms with van der Waals surface area (Å²) in [4.78, 5) is 25.0. The molecule has 1 aromatic carbocycles. The molecule has 0 spiro atoms. The van der Waals surface area contributed by atoms with Crippen LogP contribution >= 0.6 is 11.6 Å². The highest BCUT2D eigenvalue weighted by Crippen LogP contribution is 2.29. The number of nitrogens with zero attached hydrogens (tertiary/aromatic N) is 3. The van der Waals surface area contributed by atoms with Gasteiger partial charge in [0.25, 0.3) is 5.91 Å². The van der Waals surface area contributed by atoms with Crippen molar-refractivity contribution in [2.45, 2.75) is 25.8 Å². The zero-order valence-corrected chi connectivity index (χ0v) is 17.0. The molecule has 0 aliphatic heterocycles. The van der Waals surface area contributed by atoms with Crippen molar-refractivity contribution >= 4 is 29.3 Å². The van der Waals surface area contributed by atoms with E-state index in [-0.39, 0.29) is 17.9 Å². The van der Waals surface area contributed by atoms with Gasteiger partial charge in [0.15, 0.2) is 0 Å². The molecule has 8 heteroatoms. The molecule has 1 amide bonds. The van der Waals surface area contributed by atoms with E-state index in [0.717, 1.165) is 12.8 Å². The van der Waals surface area contributed by atoms with Gasteiger partial charge in [-0.25, -0.2) is 15.0 Å². The summed E-state index contributed by atoms with van der Waals surface area (Å²) >= 11 is 6.41. The van der Waals surface area contributed by atoms with Gasteiger partial charge in [0.05, 0.1) is 27.5 Å². The SMILES string of the molecule is Cc1nc(N)nc(-c2ccc(C(=O)NC3CC3)c(Cl)c2)c1C#Cc1ccc(N)nc1. The first-order chi connectivity index (χ1) is 14.4. The van der Waals surface area contributed by atoms with Gasteiger partial charge < -0.3 is 16.8 Å². The van der Waals surface area contributed by atoms with Crippen LogP contribution in [0.5, 0.6) is 0 Å². The van der Waals surface area contributed by atoms with Crippen molar-refractivity contribution in [3.8, 4) is 23.1 Å². The lowest BCUT2D eigenvalue weighted by Gasteiger charge is -2.10. The van der Waals surface area contributed by atoms with Crippen molar-refractivity contribution < 1.29 is 4.79 Å². The fourth-order valence-electron chi connectivity index (χ4n) is 2.90. The number of aromatic nitrogens is 3. The smallest absolute Gasteiger partial charge is 0.253 e. The molecule has 3 aromatic rings. The molecule has 0 bridgehead atoms. The molecule has 0 atom stereocenters. The number of hydrogen-bond donors (Lipinski definition) is 3. The van der Waals surface area contributed by atoms with E-state index in [0.29, 0.717) is 44.5 Å². The Morgan fingerprint density at radius 2 is 1.97 bits per heavy atom. The van der Waals surface area contributed by atoms with Crippen molar-refractivity contribution in [3.05, 3.63) is 63.9 Å². The minimum absolute atomic E-state index is 0.133. The Hall–Kier alpha value is -3.63. The quantitative estimate of drug-likeness (QED) is 0.562. The minimum atomic E-state index is -0.178. The van der Waals surface area contributed by atoms with Crippen LogP contribution in [0, 0.1) is 18.8 Å². The summed E-state index contributed by atoms with van der Waals surface area (Å²) in [6.45, 7) is 1.81. The topological polar surface area (TPSA) is 120 Å². The van der Waals surface area contributed by atoms with E-state index in [1.165, 1.54) is 0 Å². The standard InChI is InChI=1S/C22H19ClN6O/c1-12-16(7-2-13-3-9-19(24)26-11-13)20(29-22(25)27-12)14-4-8-17(18(23)10-14)21(30)28-15-5-6-15/h3-4,8-11,15H,5-6H2,1H3,(H2,24,26)(H,28,30)(H2,25,27,29). The predicted octanol–water partition coefficient (Wildman–Crippen LogP) is 2.96. The van der Waals surface area contributed by atoms with Crippen molar-refractivity contribution in [2.75, 3.05) is 11.5 Å². The van der Waals surface area contributed by atoms with E-state index in [4.69, 9.17) is 23.1 Å². The summed E-state index contributed by atoms with van der Waals surface area (Å²) in [5, 5.41) is 3.27. The van der Waals surface area contributed by atoms with Gasteiger partial charge in [-0.05, 0) is 44.0 Å². The highest BCUT2D eigenvalue weighted by Gasteiger charge is 2.25. The number of nitrogen functional groups attached to an aromatic ring is 2. The maximum absolute atomic E-state index is 12.3. The van der Waals surface area contributed by atoms with Crippen molar-refractivity contribution in [1.82, 2.24) is 20.3 Å². The van der Waals surface area contributed by atoms with Crippen LogP contribution in [0.15, 0.2) is 36.5 Å². The van der Waals surface area contributed by atoms with Crippen LogP contribution in [0.4, 0.5) is 11.8 Å². The molecular formula is C22H19ClN6O. The number of nitrogens with one attached hydrogen (secondary N) is 1. The molecule has 1 aliphatic rings. The first-order valence-corrected chi connectivity index (χ1v) is 9.77. The van der Waals surface area contributed by atoms with Crippen molar-refractivity contribution in [3.63, 3.8) is 0 Å². The summed E-state index contributed by atoms with van der Waals surface area (Å²) < 4.78 is 0. The minimum Gasteiger partial charge on any atom is -0.384 e. The summed E-state index contributed by atoms with van der Waals surface area (Å²) in [6.07, 6.45) is 3.61. The number of benzene rings is 1. The van der Waals surface area contributed by atoms with E-state index in [1.807, 2.05) is 6.92 Å². The maximum atomic E-state index is 12.3. The Labute approximate surface area is 178 Å². The van der Waals surface area contributed by atoms with Gasteiger partial charge in [-0.15, -0.1) is 0 Å². The molecule has 2 aromatic heterocycles. The first-order valence-electron chi connectivity index (χ1n) is 9.39. The second-order valence-electron chi connectivity index (χ2n) is 7.05. The molecule has 150 valence electrons. The number of pyridine rings is 1. The molecule has 1 aliphatic carbocycles. The zero-order valence-electron chi connectivity index (χ0n) is 16.2. The van der Waals surface area contributed by atoms with Crippen LogP contribution in [0.25, 0.3) is 11.3 Å². The number of rotatable bonds is 3. The maximum Gasteiger partial charge on any atom is 0.253 e. The molecule has 1 saturated carbocycles. The van der Waals surface area contributed by atoms with Gasteiger partial charge in [0.2, 0.25) is 5.95 Å². The first kappa shape index (κ1) is 19.7. The van der Waals surface area contributed by atoms with E-state index in [9.17, 15) is 4.79 Å². The molecule has 7 nitrogen and oxygen atoms in total. The lowest BCUT2D eigenvalue weighted by Crippen LogP contribution is -2.25. The molecule has 5 N–H and O–H groups in total. The van der Waals surface area contributed by atoms with E-state index in [2.05, 4.69) is 32.1 Å². The third kappa shape index (κ3) is 4.34. The lowest BCUT2D eigenvalue weighted by molar-refractivity contribution is 0.0951. The third-order valence-corrected chi connectivity index (χ3v) is 4.94. The Bertz CT molecular complexity index is 1190. The highest BCUT2D eigenvalue weighted by molar-refractivity contribution is 6.34. The van der Waals surface area contributed by atoms with Crippen LogP contribution in [-0.4, -0.2) is 26.9 Å². The van der Waals surface area contributed by atoms with Crippen LogP contribution in [0.2, 0.25) is 5.02 Å². The molecule has 0 saturated heterocycles. The van der Waals surface area contributed by atoms with E-state index < -0.39 is 0 Å². The molecule has 2 heterocycles. The van der Waals surface area contributed by atoms with Crippen LogP contribution < -0.4 is 16.8 Å². The van der Waals surface area contributed by atoms with Crippen LogP contribution in [0.1, 0.15) is 40.0 Å². The Morgan fingerprint density at radius 3 is 2.63 bits per heavy atom. The number of carbonyl (C=O) groups excluding carboxylic acids is 1. The molecule has 0 radical (unpaired) electrons. The highest BCUT2D eigenvalue weighted by atomic mass is 35.5. The van der Waals surface area contributed by atoms with Crippen LogP contribution in [-0.2, 0) is 0 Å². The molecular weight excluding hydrogens is 400 g/mol. The van der Waals surface area contributed by atoms with Gasteiger partial charge in [-0.2, -0.15) is 0 Å².